The number of nitrogens with one attached hydrogen (secondary N) is 1. The first kappa shape index (κ1) is 15.9. The first-order valence-electron chi connectivity index (χ1n) is 7.66. The Morgan fingerprint density at radius 3 is 3.00 bits per heavy atom. The van der Waals surface area contributed by atoms with E-state index in [0.29, 0.717) is 31.4 Å². The van der Waals surface area contributed by atoms with Crippen LogP contribution in [0.25, 0.3) is 0 Å². The first-order valence-corrected chi connectivity index (χ1v) is 8.48. The Labute approximate surface area is 134 Å². The lowest BCUT2D eigenvalue weighted by Crippen LogP contribution is -2.74. The van der Waals surface area contributed by atoms with Gasteiger partial charge >= 0.3 is 0 Å². The van der Waals surface area contributed by atoms with Crippen molar-refractivity contribution in [2.75, 3.05) is 18.5 Å². The lowest BCUT2D eigenvalue weighted by Gasteiger charge is -2.57. The molecule has 1 aliphatic carbocycles. The van der Waals surface area contributed by atoms with Crippen LogP contribution in [0.15, 0.2) is 0 Å². The highest BCUT2D eigenvalue weighted by Gasteiger charge is 2.63. The molecular weight excluding hydrogens is 302 g/mol. The summed E-state index contributed by atoms with van der Waals surface area (Å²) in [7, 11) is 0. The van der Waals surface area contributed by atoms with Crippen LogP contribution in [0.4, 0.5) is 5.13 Å². The normalized spacial score (nSPS) is 29.5. The Morgan fingerprint density at radius 1 is 1.59 bits per heavy atom. The summed E-state index contributed by atoms with van der Waals surface area (Å²) in [5, 5.41) is 3.50. The van der Waals surface area contributed by atoms with Gasteiger partial charge in [0.05, 0.1) is 29.9 Å². The van der Waals surface area contributed by atoms with Gasteiger partial charge in [-0.2, -0.15) is 0 Å². The lowest BCUT2D eigenvalue weighted by atomic mass is 9.54. The molecule has 0 spiro atoms. The van der Waals surface area contributed by atoms with Gasteiger partial charge < -0.3 is 20.5 Å². The number of hydrogen-bond acceptors (Lipinski definition) is 6. The van der Waals surface area contributed by atoms with Crippen LogP contribution in [0.3, 0.4) is 0 Å². The molecule has 1 aliphatic heterocycles. The average Bonchev–Trinajstić information content (AvgIpc) is 2.88. The molecule has 22 heavy (non-hydrogen) atoms. The summed E-state index contributed by atoms with van der Waals surface area (Å²) in [5.74, 6) is -0.180. The second kappa shape index (κ2) is 5.56. The summed E-state index contributed by atoms with van der Waals surface area (Å²) in [6.45, 7) is 7.82. The van der Waals surface area contributed by atoms with E-state index in [-0.39, 0.29) is 12.0 Å². The quantitative estimate of drug-likeness (QED) is 0.880. The zero-order valence-corrected chi connectivity index (χ0v) is 14.1. The van der Waals surface area contributed by atoms with Gasteiger partial charge in [-0.1, -0.05) is 25.2 Å². The maximum absolute atomic E-state index is 12.6. The van der Waals surface area contributed by atoms with E-state index >= 15 is 0 Å². The van der Waals surface area contributed by atoms with Crippen LogP contribution in [0, 0.1) is 5.41 Å². The van der Waals surface area contributed by atoms with E-state index in [4.69, 9.17) is 15.2 Å². The molecule has 3 N–H and O–H groups in total. The van der Waals surface area contributed by atoms with Crippen molar-refractivity contribution in [3.05, 3.63) is 10.6 Å². The van der Waals surface area contributed by atoms with Crippen LogP contribution < -0.4 is 11.1 Å². The molecule has 2 atom stereocenters. The molecule has 7 heteroatoms. The van der Waals surface area contributed by atoms with E-state index in [0.717, 1.165) is 17.0 Å². The number of rotatable bonds is 4. The molecule has 0 radical (unpaired) electrons. The third-order valence-electron chi connectivity index (χ3n) is 4.95. The summed E-state index contributed by atoms with van der Waals surface area (Å²) >= 11 is 1.47. The molecule has 1 fully saturated rings. The molecule has 2 heterocycles. The highest BCUT2D eigenvalue weighted by Crippen LogP contribution is 2.50. The number of carbonyl (C=O) groups excluding carboxylic acids is 1. The Kier molecular flexibility index (Phi) is 4.01. The minimum Gasteiger partial charge on any atom is -0.378 e. The van der Waals surface area contributed by atoms with Crippen LogP contribution in [0.1, 0.15) is 37.8 Å². The van der Waals surface area contributed by atoms with E-state index in [9.17, 15) is 4.79 Å². The van der Waals surface area contributed by atoms with E-state index in [2.05, 4.69) is 10.3 Å². The summed E-state index contributed by atoms with van der Waals surface area (Å²) in [5.41, 5.74) is 6.08. The molecule has 2 aliphatic rings. The van der Waals surface area contributed by atoms with E-state index in [1.165, 1.54) is 11.3 Å². The molecule has 1 aromatic heterocycles. The SMILES string of the molecule is CCOC1CC(N)(C(=O)Nc2nc3c(s2)COCC3)C1(C)C. The predicted octanol–water partition coefficient (Wildman–Crippen LogP) is 1.69. The molecule has 0 bridgehead atoms. The van der Waals surface area contributed by atoms with Crippen LogP contribution in [0.2, 0.25) is 0 Å². The van der Waals surface area contributed by atoms with Crippen LogP contribution >= 0.6 is 11.3 Å². The van der Waals surface area contributed by atoms with Crippen molar-refractivity contribution in [1.29, 1.82) is 0 Å². The third-order valence-corrected chi connectivity index (χ3v) is 5.94. The molecule has 3 rings (SSSR count). The topological polar surface area (TPSA) is 86.5 Å². The van der Waals surface area contributed by atoms with Crippen molar-refractivity contribution in [3.63, 3.8) is 0 Å². The van der Waals surface area contributed by atoms with Gasteiger partial charge in [-0.15, -0.1) is 0 Å². The second-order valence-corrected chi connectivity index (χ2v) is 7.57. The van der Waals surface area contributed by atoms with Gasteiger partial charge in [-0.3, -0.25) is 4.79 Å². The molecule has 0 aromatic carbocycles. The zero-order chi connectivity index (χ0) is 16.0. The largest absolute Gasteiger partial charge is 0.378 e. The van der Waals surface area contributed by atoms with Crippen LogP contribution in [0.5, 0.6) is 0 Å². The minimum atomic E-state index is -0.921. The smallest absolute Gasteiger partial charge is 0.246 e. The monoisotopic (exact) mass is 325 g/mol. The van der Waals surface area contributed by atoms with Crippen molar-refractivity contribution >= 4 is 22.4 Å². The number of fused-ring (bicyclic) bond motifs is 1. The molecule has 1 aromatic rings. The van der Waals surface area contributed by atoms with Crippen molar-refractivity contribution in [2.45, 2.75) is 51.9 Å². The molecule has 6 nitrogen and oxygen atoms in total. The van der Waals surface area contributed by atoms with Gasteiger partial charge in [-0.25, -0.2) is 4.98 Å². The highest BCUT2D eigenvalue weighted by atomic mass is 32.1. The maximum atomic E-state index is 12.6. The van der Waals surface area contributed by atoms with Gasteiger partial charge in [0.2, 0.25) is 5.91 Å². The summed E-state index contributed by atoms with van der Waals surface area (Å²) in [4.78, 5) is 18.2. The fraction of sp³-hybridized carbons (Fsp3) is 0.733. The van der Waals surface area contributed by atoms with Crippen LogP contribution in [-0.4, -0.2) is 35.7 Å². The summed E-state index contributed by atoms with van der Waals surface area (Å²) in [6, 6.07) is 0. The standard InChI is InChI=1S/C15H23N3O3S/c1-4-21-11-7-15(16,14(11,2)3)12(19)18-13-17-9-5-6-20-8-10(9)22-13/h11H,4-8,16H2,1-3H3,(H,17,18,19). The van der Waals surface area contributed by atoms with E-state index < -0.39 is 11.0 Å². The van der Waals surface area contributed by atoms with Crippen molar-refractivity contribution in [1.82, 2.24) is 4.98 Å². The number of hydrogen-bond donors (Lipinski definition) is 2. The summed E-state index contributed by atoms with van der Waals surface area (Å²) < 4.78 is 11.1. The number of nitrogens with two attached hydrogens (primary N) is 1. The molecule has 122 valence electrons. The molecule has 1 saturated carbocycles. The third kappa shape index (κ3) is 2.36. The first-order chi connectivity index (χ1) is 10.4. The Hall–Kier alpha value is -1.02. The Bertz CT molecular complexity index is 563. The minimum absolute atomic E-state index is 0.0196. The number of anilines is 1. The van der Waals surface area contributed by atoms with Gasteiger partial charge in [0.1, 0.15) is 5.54 Å². The van der Waals surface area contributed by atoms with Crippen molar-refractivity contribution in [3.8, 4) is 0 Å². The molecule has 0 saturated heterocycles. The average molecular weight is 325 g/mol. The Balaban J connectivity index is 1.71. The van der Waals surface area contributed by atoms with Gasteiger partial charge in [-0.05, 0) is 6.92 Å². The van der Waals surface area contributed by atoms with Crippen LogP contribution in [-0.2, 0) is 27.3 Å². The number of ether oxygens (including phenoxy) is 2. The van der Waals surface area contributed by atoms with Crippen molar-refractivity contribution < 1.29 is 14.3 Å². The number of aromatic nitrogens is 1. The van der Waals surface area contributed by atoms with E-state index in [1.807, 2.05) is 20.8 Å². The maximum Gasteiger partial charge on any atom is 0.246 e. The van der Waals surface area contributed by atoms with Crippen molar-refractivity contribution in [2.24, 2.45) is 11.1 Å². The molecular formula is C15H23N3O3S. The number of carbonyl (C=O) groups is 1. The Morgan fingerprint density at radius 2 is 2.36 bits per heavy atom. The zero-order valence-electron chi connectivity index (χ0n) is 13.3. The number of amides is 1. The molecule has 1 amide bonds. The second-order valence-electron chi connectivity index (χ2n) is 6.49. The molecule has 2 unspecified atom stereocenters. The summed E-state index contributed by atoms with van der Waals surface area (Å²) in [6.07, 6.45) is 1.35. The fourth-order valence-electron chi connectivity index (χ4n) is 3.11. The lowest BCUT2D eigenvalue weighted by molar-refractivity contribution is -0.166. The number of thiazole rings is 1. The highest BCUT2D eigenvalue weighted by molar-refractivity contribution is 7.15. The van der Waals surface area contributed by atoms with Gasteiger partial charge in [0, 0.05) is 24.9 Å². The predicted molar refractivity (Wildman–Crippen MR) is 84.8 cm³/mol. The van der Waals surface area contributed by atoms with Gasteiger partial charge in [0.15, 0.2) is 5.13 Å². The van der Waals surface area contributed by atoms with E-state index in [1.54, 1.807) is 0 Å². The number of nitrogens with zero attached hydrogens (tertiary/aromatic N) is 1. The van der Waals surface area contributed by atoms with Gasteiger partial charge in [0.25, 0.3) is 0 Å². The fourth-order valence-corrected chi connectivity index (χ4v) is 4.05.